The smallest absolute Gasteiger partial charge is 0.149 e. The molecule has 1 aliphatic rings. The van der Waals surface area contributed by atoms with Crippen molar-refractivity contribution in [2.24, 2.45) is 5.92 Å². The predicted molar refractivity (Wildman–Crippen MR) is 127 cm³/mol. The van der Waals surface area contributed by atoms with E-state index in [9.17, 15) is 8.42 Å². The van der Waals surface area contributed by atoms with Crippen molar-refractivity contribution in [2.75, 3.05) is 30.1 Å². The van der Waals surface area contributed by atoms with Crippen molar-refractivity contribution in [2.45, 2.75) is 39.2 Å². The number of anilines is 1. The highest BCUT2D eigenvalue weighted by Gasteiger charge is 2.28. The minimum atomic E-state index is -3.02. The second-order valence-corrected chi connectivity index (χ2v) is 11.1. The van der Waals surface area contributed by atoms with Crippen molar-refractivity contribution in [1.29, 1.82) is 0 Å². The van der Waals surface area contributed by atoms with E-state index < -0.39 is 9.84 Å². The van der Waals surface area contributed by atoms with Crippen molar-refractivity contribution in [3.8, 4) is 17.1 Å². The number of aromatic nitrogens is 2. The van der Waals surface area contributed by atoms with Gasteiger partial charge in [-0.25, -0.2) is 8.42 Å². The Hall–Kier alpha value is -2.54. The van der Waals surface area contributed by atoms with Gasteiger partial charge in [0.15, 0.2) is 0 Å². The van der Waals surface area contributed by atoms with Crippen LogP contribution in [0.4, 0.5) is 5.69 Å². The molecule has 166 valence electrons. The van der Waals surface area contributed by atoms with Gasteiger partial charge in [-0.1, -0.05) is 13.8 Å². The molecule has 3 heterocycles. The summed E-state index contributed by atoms with van der Waals surface area (Å²) in [5.74, 6) is 1.69. The Kier molecular flexibility index (Phi) is 6.23. The second kappa shape index (κ2) is 8.91. The number of hydrogen-bond donors (Lipinski definition) is 1. The number of nitrogens with one attached hydrogen (secondary N) is 1. The minimum absolute atomic E-state index is 0.0264. The van der Waals surface area contributed by atoms with E-state index in [1.165, 1.54) is 6.26 Å². The van der Waals surface area contributed by atoms with Crippen LogP contribution in [0.2, 0.25) is 0 Å². The van der Waals surface area contributed by atoms with Crippen LogP contribution in [0.5, 0.6) is 5.75 Å². The van der Waals surface area contributed by atoms with Gasteiger partial charge in [-0.15, -0.1) is 0 Å². The molecule has 0 bridgehead atoms. The zero-order valence-electron chi connectivity index (χ0n) is 18.5. The molecule has 31 heavy (non-hydrogen) atoms. The van der Waals surface area contributed by atoms with Gasteiger partial charge in [0.05, 0.1) is 23.7 Å². The summed E-state index contributed by atoms with van der Waals surface area (Å²) in [4.78, 5) is 10.2. The fourth-order valence-corrected chi connectivity index (χ4v) is 5.24. The molecular formula is C24H31N3O3S. The molecule has 0 saturated carbocycles. The molecule has 1 atom stereocenters. The summed E-state index contributed by atoms with van der Waals surface area (Å²) in [5, 5.41) is 1.08. The van der Waals surface area contributed by atoms with Gasteiger partial charge in [-0.3, -0.25) is 4.98 Å². The molecule has 1 aliphatic heterocycles. The minimum Gasteiger partial charge on any atom is -0.494 e. The summed E-state index contributed by atoms with van der Waals surface area (Å²) in [6.07, 6.45) is 6.05. The maximum Gasteiger partial charge on any atom is 0.149 e. The molecule has 1 aromatic carbocycles. The van der Waals surface area contributed by atoms with E-state index in [1.807, 2.05) is 24.3 Å². The maximum atomic E-state index is 11.8. The number of benzene rings is 1. The SMILES string of the molecule is CC(C)CCOc1ccc2[nH]c(-c3cc(N4CCCC4CS(C)(=O)=O)ccn3)cc2c1. The fraction of sp³-hybridized carbons (Fsp3) is 0.458. The standard InChI is InChI=1S/C24H31N3O3S/c1-17(2)9-12-30-21-6-7-22-18(13-21)14-24(26-22)23-15-19(8-10-25-23)27-11-4-5-20(27)16-31(3,28)29/h6-8,10,13-15,17,20,26H,4-5,9,11-12,16H2,1-3H3. The number of ether oxygens (including phenoxy) is 1. The molecule has 4 rings (SSSR count). The molecule has 6 nitrogen and oxygen atoms in total. The monoisotopic (exact) mass is 441 g/mol. The number of nitrogens with zero attached hydrogens (tertiary/aromatic N) is 2. The van der Waals surface area contributed by atoms with Crippen LogP contribution in [0.25, 0.3) is 22.3 Å². The number of hydrogen-bond acceptors (Lipinski definition) is 5. The maximum absolute atomic E-state index is 11.8. The van der Waals surface area contributed by atoms with Crippen molar-refractivity contribution in [1.82, 2.24) is 9.97 Å². The summed E-state index contributed by atoms with van der Waals surface area (Å²) in [7, 11) is -3.02. The average molecular weight is 442 g/mol. The van der Waals surface area contributed by atoms with Gasteiger partial charge >= 0.3 is 0 Å². The van der Waals surface area contributed by atoms with Gasteiger partial charge in [0.1, 0.15) is 15.6 Å². The van der Waals surface area contributed by atoms with E-state index in [1.54, 1.807) is 6.20 Å². The number of rotatable bonds is 8. The Bertz CT molecular complexity index is 1150. The molecule has 1 fully saturated rings. The highest BCUT2D eigenvalue weighted by molar-refractivity contribution is 7.90. The topological polar surface area (TPSA) is 75.3 Å². The Morgan fingerprint density at radius 2 is 2.06 bits per heavy atom. The number of H-pyrrole nitrogens is 1. The van der Waals surface area contributed by atoms with Crippen LogP contribution in [0.3, 0.4) is 0 Å². The van der Waals surface area contributed by atoms with Crippen LogP contribution in [0, 0.1) is 5.92 Å². The van der Waals surface area contributed by atoms with E-state index in [0.29, 0.717) is 12.5 Å². The van der Waals surface area contributed by atoms with Gasteiger partial charge in [-0.2, -0.15) is 0 Å². The van der Waals surface area contributed by atoms with Crippen molar-refractivity contribution in [3.63, 3.8) is 0 Å². The van der Waals surface area contributed by atoms with E-state index in [2.05, 4.69) is 40.8 Å². The van der Waals surface area contributed by atoms with E-state index in [0.717, 1.165) is 59.5 Å². The fourth-order valence-electron chi connectivity index (χ4n) is 4.19. The van der Waals surface area contributed by atoms with E-state index in [-0.39, 0.29) is 11.8 Å². The van der Waals surface area contributed by atoms with Crippen LogP contribution in [-0.2, 0) is 9.84 Å². The highest BCUT2D eigenvalue weighted by Crippen LogP contribution is 2.31. The summed E-state index contributed by atoms with van der Waals surface area (Å²) in [6.45, 7) is 5.97. The Morgan fingerprint density at radius 1 is 1.23 bits per heavy atom. The van der Waals surface area contributed by atoms with Crippen LogP contribution in [0.15, 0.2) is 42.6 Å². The van der Waals surface area contributed by atoms with Gasteiger partial charge in [0, 0.05) is 41.6 Å². The van der Waals surface area contributed by atoms with Crippen LogP contribution in [0.1, 0.15) is 33.1 Å². The van der Waals surface area contributed by atoms with Gasteiger partial charge in [-0.05, 0) is 61.6 Å². The largest absolute Gasteiger partial charge is 0.494 e. The average Bonchev–Trinajstić information content (AvgIpc) is 3.33. The lowest BCUT2D eigenvalue weighted by molar-refractivity contribution is 0.290. The Morgan fingerprint density at radius 3 is 2.84 bits per heavy atom. The second-order valence-electron chi connectivity index (χ2n) is 8.94. The highest BCUT2D eigenvalue weighted by atomic mass is 32.2. The molecule has 3 aromatic rings. The molecule has 0 spiro atoms. The normalized spacial score (nSPS) is 17.0. The molecule has 2 aromatic heterocycles. The first kappa shape index (κ1) is 21.7. The summed E-state index contributed by atoms with van der Waals surface area (Å²) in [5.41, 5.74) is 3.85. The van der Waals surface area contributed by atoms with Crippen LogP contribution in [-0.4, -0.2) is 49.6 Å². The van der Waals surface area contributed by atoms with Crippen LogP contribution >= 0.6 is 0 Å². The number of fused-ring (bicyclic) bond motifs is 1. The van der Waals surface area contributed by atoms with Crippen molar-refractivity contribution >= 4 is 26.4 Å². The summed E-state index contributed by atoms with van der Waals surface area (Å²) >= 11 is 0. The third-order valence-corrected chi connectivity index (χ3v) is 6.77. The molecular weight excluding hydrogens is 410 g/mol. The van der Waals surface area contributed by atoms with Gasteiger partial charge < -0.3 is 14.6 Å². The van der Waals surface area contributed by atoms with E-state index >= 15 is 0 Å². The zero-order chi connectivity index (χ0) is 22.0. The van der Waals surface area contributed by atoms with Crippen LogP contribution < -0.4 is 9.64 Å². The number of sulfone groups is 1. The molecule has 7 heteroatoms. The lowest BCUT2D eigenvalue weighted by atomic mass is 10.1. The zero-order valence-corrected chi connectivity index (χ0v) is 19.3. The lowest BCUT2D eigenvalue weighted by Gasteiger charge is -2.26. The molecule has 0 amide bonds. The molecule has 0 radical (unpaired) electrons. The molecule has 1 saturated heterocycles. The third-order valence-electron chi connectivity index (χ3n) is 5.78. The summed E-state index contributed by atoms with van der Waals surface area (Å²) < 4.78 is 29.5. The van der Waals surface area contributed by atoms with Gasteiger partial charge in [0.25, 0.3) is 0 Å². The lowest BCUT2D eigenvalue weighted by Crippen LogP contribution is -2.34. The first-order valence-corrected chi connectivity index (χ1v) is 13.0. The Balaban J connectivity index is 1.56. The first-order chi connectivity index (χ1) is 14.8. The molecule has 1 N–H and O–H groups in total. The number of aromatic amines is 1. The van der Waals surface area contributed by atoms with Gasteiger partial charge in [0.2, 0.25) is 0 Å². The predicted octanol–water partition coefficient (Wildman–Crippen LogP) is 4.67. The third kappa shape index (κ3) is 5.39. The van der Waals surface area contributed by atoms with Crippen molar-refractivity contribution in [3.05, 3.63) is 42.6 Å². The molecule has 0 aliphatic carbocycles. The van der Waals surface area contributed by atoms with E-state index in [4.69, 9.17) is 4.74 Å². The summed E-state index contributed by atoms with van der Waals surface area (Å²) in [6, 6.07) is 12.2. The quantitative estimate of drug-likeness (QED) is 0.550. The first-order valence-electron chi connectivity index (χ1n) is 10.9. The number of pyridine rings is 1. The molecule has 1 unspecified atom stereocenters. The van der Waals surface area contributed by atoms with Crippen molar-refractivity contribution < 1.29 is 13.2 Å². The Labute approximate surface area is 184 Å².